The van der Waals surface area contributed by atoms with Gasteiger partial charge >= 0.3 is 5.97 Å². The van der Waals surface area contributed by atoms with Gasteiger partial charge in [0.25, 0.3) is 0 Å². The Morgan fingerprint density at radius 3 is 2.61 bits per heavy atom. The van der Waals surface area contributed by atoms with Crippen molar-refractivity contribution >= 4 is 17.5 Å². The summed E-state index contributed by atoms with van der Waals surface area (Å²) in [5.74, 6) is -0.333. The minimum absolute atomic E-state index is 0.150. The summed E-state index contributed by atoms with van der Waals surface area (Å²) in [5.41, 5.74) is 8.81. The molecule has 0 aromatic heterocycles. The summed E-state index contributed by atoms with van der Waals surface area (Å²) >= 11 is 0. The largest absolute Gasteiger partial charge is 0.460 e. The van der Waals surface area contributed by atoms with Gasteiger partial charge in [-0.25, -0.2) is 4.79 Å². The number of nitrogens with zero attached hydrogens (tertiary/aromatic N) is 1. The van der Waals surface area contributed by atoms with Crippen LogP contribution in [0.5, 0.6) is 0 Å². The van der Waals surface area contributed by atoms with Gasteiger partial charge in [-0.2, -0.15) is 0 Å². The van der Waals surface area contributed by atoms with Crippen molar-refractivity contribution in [2.24, 2.45) is 4.99 Å². The van der Waals surface area contributed by atoms with Crippen LogP contribution in [0.1, 0.15) is 18.1 Å². The number of esters is 1. The number of benzene rings is 2. The molecule has 0 aliphatic rings. The Morgan fingerprint density at radius 1 is 1.13 bits per heavy atom. The van der Waals surface area contributed by atoms with Crippen LogP contribution in [0, 0.1) is 6.92 Å². The molecule has 0 amide bonds. The number of carbonyl (C=O) groups excluding carboxylic acids is 1. The molecule has 0 aliphatic heterocycles. The Labute approximate surface area is 136 Å². The summed E-state index contributed by atoms with van der Waals surface area (Å²) in [6, 6.07) is 17.5. The number of aliphatic imine (C=N–C) groups is 1. The summed E-state index contributed by atoms with van der Waals surface area (Å²) in [6.45, 7) is 4.47. The quantitative estimate of drug-likeness (QED) is 0.385. The lowest BCUT2D eigenvalue weighted by atomic mass is 10.2. The molecule has 0 aliphatic carbocycles. The van der Waals surface area contributed by atoms with Crippen LogP contribution in [-0.4, -0.2) is 18.4 Å². The van der Waals surface area contributed by atoms with Crippen molar-refractivity contribution in [2.75, 3.05) is 12.0 Å². The molecule has 0 radical (unpaired) electrons. The van der Waals surface area contributed by atoms with Crippen LogP contribution in [0.3, 0.4) is 0 Å². The monoisotopic (exact) mass is 311 g/mol. The third-order valence-electron chi connectivity index (χ3n) is 3.07. The number of hydrogen-bond acceptors (Lipinski definition) is 4. The van der Waals surface area contributed by atoms with Gasteiger partial charge in [0.05, 0.1) is 18.8 Å². The van der Waals surface area contributed by atoms with Crippen molar-refractivity contribution in [1.29, 1.82) is 0 Å². The third kappa shape index (κ3) is 5.47. The van der Waals surface area contributed by atoms with Gasteiger partial charge in [-0.05, 0) is 37.1 Å². The fourth-order valence-electron chi connectivity index (χ4n) is 1.96. The van der Waals surface area contributed by atoms with Crippen molar-refractivity contribution in [1.82, 2.24) is 5.43 Å². The highest BCUT2D eigenvalue weighted by molar-refractivity contribution is 6.35. The molecule has 0 fully saturated rings. The van der Waals surface area contributed by atoms with Crippen LogP contribution >= 0.6 is 0 Å². The van der Waals surface area contributed by atoms with Crippen LogP contribution in [0.15, 0.2) is 59.6 Å². The maximum Gasteiger partial charge on any atom is 0.375 e. The SMILES string of the molecule is CCOC(=O)C(=NCc1ccccc1)NNc1cccc(C)c1. The number of hydrazine groups is 1. The maximum absolute atomic E-state index is 12.0. The number of ether oxygens (including phenoxy) is 1. The summed E-state index contributed by atoms with van der Waals surface area (Å²) in [7, 11) is 0. The smallest absolute Gasteiger partial charge is 0.375 e. The van der Waals surface area contributed by atoms with E-state index < -0.39 is 5.97 Å². The molecule has 0 saturated heterocycles. The first-order chi connectivity index (χ1) is 11.2. The third-order valence-corrected chi connectivity index (χ3v) is 3.07. The maximum atomic E-state index is 12.0. The molecule has 23 heavy (non-hydrogen) atoms. The predicted octanol–water partition coefficient (Wildman–Crippen LogP) is 3.07. The van der Waals surface area contributed by atoms with Gasteiger partial charge in [0.15, 0.2) is 0 Å². The van der Waals surface area contributed by atoms with E-state index in [-0.39, 0.29) is 5.84 Å². The fraction of sp³-hybridized carbons (Fsp3) is 0.222. The van der Waals surface area contributed by atoms with E-state index in [4.69, 9.17) is 4.74 Å². The van der Waals surface area contributed by atoms with Crippen LogP contribution in [0.2, 0.25) is 0 Å². The lowest BCUT2D eigenvalue weighted by molar-refractivity contribution is -0.135. The summed E-state index contributed by atoms with van der Waals surface area (Å²) in [6.07, 6.45) is 0. The van der Waals surface area contributed by atoms with E-state index in [1.165, 1.54) is 0 Å². The number of rotatable bonds is 5. The molecule has 0 saturated carbocycles. The molecule has 5 nitrogen and oxygen atoms in total. The highest BCUT2D eigenvalue weighted by Crippen LogP contribution is 2.08. The molecule has 2 aromatic rings. The number of aryl methyl sites for hydroxylation is 1. The van der Waals surface area contributed by atoms with Gasteiger partial charge < -0.3 is 4.74 Å². The van der Waals surface area contributed by atoms with Crippen LogP contribution in [-0.2, 0) is 16.1 Å². The number of carbonyl (C=O) groups is 1. The zero-order valence-electron chi connectivity index (χ0n) is 13.4. The first-order valence-electron chi connectivity index (χ1n) is 7.53. The molecule has 2 N–H and O–H groups in total. The molecule has 2 aromatic carbocycles. The zero-order chi connectivity index (χ0) is 16.5. The van der Waals surface area contributed by atoms with E-state index in [0.717, 1.165) is 16.8 Å². The Morgan fingerprint density at radius 2 is 1.91 bits per heavy atom. The molecule has 120 valence electrons. The molecule has 5 heteroatoms. The molecule has 2 rings (SSSR count). The molecule has 0 unspecified atom stereocenters. The van der Waals surface area contributed by atoms with Gasteiger partial charge in [0.1, 0.15) is 0 Å². The predicted molar refractivity (Wildman–Crippen MR) is 92.2 cm³/mol. The topological polar surface area (TPSA) is 62.7 Å². The lowest BCUT2D eigenvalue weighted by Crippen LogP contribution is -2.37. The molecule has 0 atom stereocenters. The number of amidine groups is 1. The standard InChI is InChI=1S/C18H21N3O2/c1-3-23-18(22)17(19-13-15-9-5-4-6-10-15)21-20-16-11-7-8-14(2)12-16/h4-12,20H,3,13H2,1-2H3,(H,19,21). The minimum Gasteiger partial charge on any atom is -0.460 e. The first-order valence-corrected chi connectivity index (χ1v) is 7.53. The normalized spacial score (nSPS) is 11.0. The van der Waals surface area contributed by atoms with E-state index in [9.17, 15) is 4.79 Å². The zero-order valence-corrected chi connectivity index (χ0v) is 13.4. The highest BCUT2D eigenvalue weighted by atomic mass is 16.5. The Hall–Kier alpha value is -2.82. The van der Waals surface area contributed by atoms with Crippen molar-refractivity contribution in [3.63, 3.8) is 0 Å². The van der Waals surface area contributed by atoms with Gasteiger partial charge in [-0.15, -0.1) is 0 Å². The van der Waals surface area contributed by atoms with Crippen LogP contribution in [0.4, 0.5) is 5.69 Å². The lowest BCUT2D eigenvalue weighted by Gasteiger charge is -2.12. The van der Waals surface area contributed by atoms with Gasteiger partial charge in [0.2, 0.25) is 5.84 Å². The van der Waals surface area contributed by atoms with Crippen molar-refractivity contribution in [3.8, 4) is 0 Å². The minimum atomic E-state index is -0.483. The highest BCUT2D eigenvalue weighted by Gasteiger charge is 2.12. The Balaban J connectivity index is 2.06. The Kier molecular flexibility index (Phi) is 6.17. The van der Waals surface area contributed by atoms with Gasteiger partial charge in [0, 0.05) is 0 Å². The van der Waals surface area contributed by atoms with Crippen molar-refractivity contribution < 1.29 is 9.53 Å². The fourth-order valence-corrected chi connectivity index (χ4v) is 1.96. The van der Waals surface area contributed by atoms with E-state index in [1.54, 1.807) is 6.92 Å². The van der Waals surface area contributed by atoms with Crippen molar-refractivity contribution in [3.05, 3.63) is 65.7 Å². The van der Waals surface area contributed by atoms with Crippen LogP contribution < -0.4 is 10.9 Å². The van der Waals surface area contributed by atoms with Gasteiger partial charge in [-0.3, -0.25) is 15.8 Å². The summed E-state index contributed by atoms with van der Waals surface area (Å²) in [5, 5.41) is 0. The van der Waals surface area contributed by atoms with E-state index in [2.05, 4.69) is 15.8 Å². The number of nitrogens with one attached hydrogen (secondary N) is 2. The Bertz CT molecular complexity index is 669. The van der Waals surface area contributed by atoms with E-state index in [1.807, 2.05) is 61.5 Å². The first kappa shape index (κ1) is 16.5. The molecule has 0 heterocycles. The molecular weight excluding hydrogens is 290 g/mol. The summed E-state index contributed by atoms with van der Waals surface area (Å²) < 4.78 is 5.03. The number of hydrogen-bond donors (Lipinski definition) is 2. The van der Waals surface area contributed by atoms with Gasteiger partial charge in [-0.1, -0.05) is 42.5 Å². The average Bonchev–Trinajstić information content (AvgIpc) is 2.56. The second-order valence-electron chi connectivity index (χ2n) is 4.99. The number of anilines is 1. The van der Waals surface area contributed by atoms with Crippen LogP contribution in [0.25, 0.3) is 0 Å². The van der Waals surface area contributed by atoms with E-state index in [0.29, 0.717) is 13.2 Å². The summed E-state index contributed by atoms with van der Waals surface area (Å²) in [4.78, 5) is 16.3. The average molecular weight is 311 g/mol. The second-order valence-corrected chi connectivity index (χ2v) is 4.99. The molecule has 0 spiro atoms. The second kappa shape index (κ2) is 8.58. The molecular formula is C18H21N3O2. The van der Waals surface area contributed by atoms with Crippen molar-refractivity contribution in [2.45, 2.75) is 20.4 Å². The van der Waals surface area contributed by atoms with E-state index >= 15 is 0 Å². The molecule has 0 bridgehead atoms.